The van der Waals surface area contributed by atoms with Crippen LogP contribution in [0.15, 0.2) is 69.8 Å². The topological polar surface area (TPSA) is 74.7 Å². The standard InChI is InChI=1S/C34H48N4O4S2/c1-10-24(2)21-28-31(35-25(3)43-9)36(7)18-19-38(32(28)39)27-14-11-13-26(22-27)23-41-29(30-15-12-20-44-30)16-17-37(8)33(40)42-34(4,5)6/h11-15,20-22,29H,10,16-19,23H2,1-9H3/b24-21+,35-25?. The predicted molar refractivity (Wildman–Crippen MR) is 184 cm³/mol. The van der Waals surface area contributed by atoms with E-state index < -0.39 is 5.60 Å². The maximum absolute atomic E-state index is 14.1. The van der Waals surface area contributed by atoms with Crippen LogP contribution in [0, 0.1) is 0 Å². The molecule has 0 spiro atoms. The van der Waals surface area contributed by atoms with E-state index in [2.05, 4.69) is 17.9 Å². The summed E-state index contributed by atoms with van der Waals surface area (Å²) in [5, 5.41) is 2.94. The summed E-state index contributed by atoms with van der Waals surface area (Å²) in [6, 6.07) is 12.1. The summed E-state index contributed by atoms with van der Waals surface area (Å²) in [6.45, 7) is 13.7. The van der Waals surface area contributed by atoms with Gasteiger partial charge < -0.3 is 24.2 Å². The third-order valence-electron chi connectivity index (χ3n) is 7.21. The van der Waals surface area contributed by atoms with Crippen LogP contribution in [-0.4, -0.2) is 72.4 Å². The van der Waals surface area contributed by atoms with Crippen molar-refractivity contribution in [2.75, 3.05) is 44.9 Å². The molecule has 1 unspecified atom stereocenters. The first-order valence-electron chi connectivity index (χ1n) is 15.0. The van der Waals surface area contributed by atoms with Gasteiger partial charge in [-0.05, 0) is 88.9 Å². The maximum atomic E-state index is 14.1. The SMILES string of the molecule is CC/C(C)=C/C1=C(N=C(C)SC)N(C)CCN(c2cccc(COC(CCN(C)C(=O)OC(C)(C)C)c3cccs3)c2)C1=O. The fraction of sp³-hybridized carbons (Fsp3) is 0.500. The molecule has 0 bridgehead atoms. The van der Waals surface area contributed by atoms with Crippen LogP contribution in [0.5, 0.6) is 0 Å². The van der Waals surface area contributed by atoms with Gasteiger partial charge in [0, 0.05) is 44.3 Å². The number of amides is 2. The Morgan fingerprint density at radius 1 is 1.20 bits per heavy atom. The molecule has 8 nitrogen and oxygen atoms in total. The minimum absolute atomic E-state index is 0.0606. The van der Waals surface area contributed by atoms with Crippen molar-refractivity contribution in [3.63, 3.8) is 0 Å². The number of rotatable bonds is 11. The van der Waals surface area contributed by atoms with Crippen LogP contribution in [0.2, 0.25) is 0 Å². The van der Waals surface area contributed by atoms with E-state index in [-0.39, 0.29) is 18.1 Å². The quantitative estimate of drug-likeness (QED) is 0.184. The molecule has 1 aliphatic heterocycles. The van der Waals surface area contributed by atoms with E-state index in [0.717, 1.165) is 33.2 Å². The van der Waals surface area contributed by atoms with E-state index in [0.29, 0.717) is 44.1 Å². The average molecular weight is 641 g/mol. The van der Waals surface area contributed by atoms with E-state index >= 15 is 0 Å². The first-order valence-corrected chi connectivity index (χ1v) is 17.1. The van der Waals surface area contributed by atoms with Crippen molar-refractivity contribution in [1.29, 1.82) is 0 Å². The Morgan fingerprint density at radius 3 is 2.59 bits per heavy atom. The number of anilines is 1. The zero-order chi connectivity index (χ0) is 32.4. The number of nitrogens with zero attached hydrogens (tertiary/aromatic N) is 4. The highest BCUT2D eigenvalue weighted by molar-refractivity contribution is 8.13. The Labute approximate surface area is 271 Å². The number of carbonyl (C=O) groups excluding carboxylic acids is 2. The molecule has 1 aromatic heterocycles. The van der Waals surface area contributed by atoms with Gasteiger partial charge in [-0.1, -0.05) is 30.7 Å². The smallest absolute Gasteiger partial charge is 0.410 e. The van der Waals surface area contributed by atoms with Crippen molar-refractivity contribution in [2.24, 2.45) is 4.99 Å². The summed E-state index contributed by atoms with van der Waals surface area (Å²) in [5.41, 5.74) is 2.98. The van der Waals surface area contributed by atoms with Gasteiger partial charge in [0.2, 0.25) is 0 Å². The van der Waals surface area contributed by atoms with Crippen LogP contribution >= 0.6 is 23.1 Å². The van der Waals surface area contributed by atoms with Gasteiger partial charge in [0.05, 0.1) is 23.3 Å². The number of hydrogen-bond donors (Lipinski definition) is 0. The molecule has 10 heteroatoms. The lowest BCUT2D eigenvalue weighted by Crippen LogP contribution is -2.35. The van der Waals surface area contributed by atoms with Crippen molar-refractivity contribution < 1.29 is 19.1 Å². The fourth-order valence-electron chi connectivity index (χ4n) is 4.50. The van der Waals surface area contributed by atoms with Gasteiger partial charge in [-0.25, -0.2) is 9.79 Å². The number of ether oxygens (including phenoxy) is 2. The number of aliphatic imine (C=N–C) groups is 1. The molecule has 0 N–H and O–H groups in total. The van der Waals surface area contributed by atoms with E-state index in [4.69, 9.17) is 14.5 Å². The molecule has 1 aliphatic rings. The second kappa shape index (κ2) is 16.3. The fourth-order valence-corrected chi connectivity index (χ4v) is 5.49. The zero-order valence-electron chi connectivity index (χ0n) is 27.7. The third kappa shape index (κ3) is 10.2. The Balaban J connectivity index is 1.82. The predicted octanol–water partition coefficient (Wildman–Crippen LogP) is 7.89. The number of hydrogen-bond acceptors (Lipinski definition) is 8. The van der Waals surface area contributed by atoms with Gasteiger partial charge in [0.25, 0.3) is 5.91 Å². The number of allylic oxidation sites excluding steroid dienone is 1. The molecule has 44 heavy (non-hydrogen) atoms. The molecule has 2 amide bonds. The van der Waals surface area contributed by atoms with Crippen LogP contribution in [0.25, 0.3) is 0 Å². The van der Waals surface area contributed by atoms with Crippen molar-refractivity contribution in [1.82, 2.24) is 9.80 Å². The molecular formula is C34H48N4O4S2. The first kappa shape index (κ1) is 35.4. The number of thioether (sulfide) groups is 1. The Kier molecular flexibility index (Phi) is 13.1. The summed E-state index contributed by atoms with van der Waals surface area (Å²) in [5.74, 6) is 0.640. The molecule has 3 rings (SSSR count). The van der Waals surface area contributed by atoms with Gasteiger partial charge >= 0.3 is 6.09 Å². The third-order valence-corrected chi connectivity index (χ3v) is 8.86. The molecule has 0 fully saturated rings. The lowest BCUT2D eigenvalue weighted by Gasteiger charge is -2.26. The van der Waals surface area contributed by atoms with E-state index in [1.54, 1.807) is 35.0 Å². The van der Waals surface area contributed by atoms with Crippen LogP contribution < -0.4 is 4.90 Å². The Bertz CT molecular complexity index is 1360. The number of likely N-dealkylation sites (N-methyl/N-ethyl adjacent to an activating group) is 1. The molecule has 1 atom stereocenters. The van der Waals surface area contributed by atoms with Gasteiger partial charge in [-0.2, -0.15) is 0 Å². The normalized spacial score (nSPS) is 15.9. The van der Waals surface area contributed by atoms with Crippen molar-refractivity contribution >= 4 is 45.8 Å². The minimum atomic E-state index is -0.547. The van der Waals surface area contributed by atoms with Crippen molar-refractivity contribution in [2.45, 2.75) is 72.7 Å². The van der Waals surface area contributed by atoms with Gasteiger partial charge in [0.15, 0.2) is 0 Å². The monoisotopic (exact) mass is 640 g/mol. The van der Waals surface area contributed by atoms with Crippen molar-refractivity contribution in [3.05, 3.63) is 75.3 Å². The number of thiophene rings is 1. The first-order chi connectivity index (χ1) is 20.8. The second-order valence-corrected chi connectivity index (χ2v) is 13.9. The molecular weight excluding hydrogens is 593 g/mol. The molecule has 0 radical (unpaired) electrons. The van der Waals surface area contributed by atoms with Gasteiger partial charge in [-0.3, -0.25) is 4.79 Å². The van der Waals surface area contributed by atoms with Gasteiger partial charge in [0.1, 0.15) is 11.4 Å². The average Bonchev–Trinajstić information content (AvgIpc) is 3.49. The van der Waals surface area contributed by atoms with Crippen LogP contribution in [0.1, 0.15) is 70.9 Å². The molecule has 2 heterocycles. The highest BCUT2D eigenvalue weighted by Gasteiger charge is 2.28. The molecule has 0 saturated carbocycles. The lowest BCUT2D eigenvalue weighted by atomic mass is 10.1. The zero-order valence-corrected chi connectivity index (χ0v) is 29.3. The Morgan fingerprint density at radius 2 is 1.95 bits per heavy atom. The minimum Gasteiger partial charge on any atom is -0.444 e. The lowest BCUT2D eigenvalue weighted by molar-refractivity contribution is -0.114. The maximum Gasteiger partial charge on any atom is 0.410 e. The van der Waals surface area contributed by atoms with E-state index in [1.807, 2.05) is 94.6 Å². The summed E-state index contributed by atoms with van der Waals surface area (Å²) < 4.78 is 12.0. The molecule has 0 aliphatic carbocycles. The van der Waals surface area contributed by atoms with E-state index in [9.17, 15) is 9.59 Å². The van der Waals surface area contributed by atoms with Crippen molar-refractivity contribution in [3.8, 4) is 0 Å². The molecule has 240 valence electrons. The number of benzene rings is 1. The highest BCUT2D eigenvalue weighted by atomic mass is 32.2. The van der Waals surface area contributed by atoms with Crippen LogP contribution in [0.4, 0.5) is 10.5 Å². The summed E-state index contributed by atoms with van der Waals surface area (Å²) in [4.78, 5) is 38.0. The summed E-state index contributed by atoms with van der Waals surface area (Å²) in [6.07, 6.45) is 4.92. The van der Waals surface area contributed by atoms with Crippen LogP contribution in [0.3, 0.4) is 0 Å². The molecule has 2 aromatic rings. The number of carbonyl (C=O) groups is 2. The Hall–Kier alpha value is -3.08. The largest absolute Gasteiger partial charge is 0.444 e. The van der Waals surface area contributed by atoms with E-state index in [1.165, 1.54) is 0 Å². The second-order valence-electron chi connectivity index (χ2n) is 12.0. The highest BCUT2D eigenvalue weighted by Crippen LogP contribution is 2.30. The molecule has 0 saturated heterocycles. The van der Waals surface area contributed by atoms with Gasteiger partial charge in [-0.15, -0.1) is 23.1 Å². The van der Waals surface area contributed by atoms with Crippen LogP contribution in [-0.2, 0) is 20.9 Å². The molecule has 1 aromatic carbocycles. The summed E-state index contributed by atoms with van der Waals surface area (Å²) in [7, 11) is 3.74. The summed E-state index contributed by atoms with van der Waals surface area (Å²) >= 11 is 3.21.